The van der Waals surface area contributed by atoms with Crippen LogP contribution in [0.5, 0.6) is 0 Å². The summed E-state index contributed by atoms with van der Waals surface area (Å²) in [6, 6.07) is 4.21. The molecule has 1 aliphatic rings. The van der Waals surface area contributed by atoms with Crippen molar-refractivity contribution in [3.8, 4) is 0 Å². The Labute approximate surface area is 108 Å². The zero-order valence-electron chi connectivity index (χ0n) is 10.6. The maximum absolute atomic E-state index is 5.82. The van der Waals surface area contributed by atoms with Gasteiger partial charge in [0.05, 0.1) is 13.1 Å². The molecule has 3 nitrogen and oxygen atoms in total. The van der Waals surface area contributed by atoms with E-state index >= 15 is 0 Å². The lowest BCUT2D eigenvalue weighted by atomic mass is 10.3. The molecule has 2 heterocycles. The second-order valence-corrected chi connectivity index (χ2v) is 5.66. The van der Waals surface area contributed by atoms with Gasteiger partial charge in [-0.15, -0.1) is 0 Å². The number of hydrogen-bond donors (Lipinski definition) is 1. The highest BCUT2D eigenvalue weighted by Crippen LogP contribution is 2.15. The SMILES string of the molecule is CCCNCc1ccc(CN2CCSCC2)o1. The molecule has 0 aromatic carbocycles. The van der Waals surface area contributed by atoms with Gasteiger partial charge in [-0.05, 0) is 25.1 Å². The highest BCUT2D eigenvalue weighted by atomic mass is 32.2. The first kappa shape index (κ1) is 13.0. The molecule has 0 aliphatic carbocycles. The number of nitrogens with one attached hydrogen (secondary N) is 1. The topological polar surface area (TPSA) is 28.4 Å². The number of thioether (sulfide) groups is 1. The monoisotopic (exact) mass is 254 g/mol. The molecular weight excluding hydrogens is 232 g/mol. The number of rotatable bonds is 6. The molecule has 0 unspecified atom stereocenters. The predicted molar refractivity (Wildman–Crippen MR) is 73.3 cm³/mol. The zero-order chi connectivity index (χ0) is 11.9. The third-order valence-corrected chi connectivity index (χ3v) is 3.87. The van der Waals surface area contributed by atoms with E-state index in [1.54, 1.807) is 0 Å². The van der Waals surface area contributed by atoms with Crippen molar-refractivity contribution in [1.82, 2.24) is 10.2 Å². The van der Waals surface area contributed by atoms with Crippen LogP contribution in [-0.4, -0.2) is 36.0 Å². The van der Waals surface area contributed by atoms with Crippen LogP contribution in [0, 0.1) is 0 Å². The summed E-state index contributed by atoms with van der Waals surface area (Å²) < 4.78 is 5.82. The van der Waals surface area contributed by atoms with Crippen molar-refractivity contribution in [3.63, 3.8) is 0 Å². The second-order valence-electron chi connectivity index (χ2n) is 4.43. The Kier molecular flexibility index (Phi) is 5.42. The fraction of sp³-hybridized carbons (Fsp3) is 0.692. The highest BCUT2D eigenvalue weighted by molar-refractivity contribution is 7.99. The first-order chi connectivity index (χ1) is 8.38. The van der Waals surface area contributed by atoms with Gasteiger partial charge in [0.1, 0.15) is 11.5 Å². The molecule has 1 saturated heterocycles. The van der Waals surface area contributed by atoms with E-state index in [1.165, 1.54) is 31.0 Å². The minimum Gasteiger partial charge on any atom is -0.463 e. The highest BCUT2D eigenvalue weighted by Gasteiger charge is 2.12. The van der Waals surface area contributed by atoms with Gasteiger partial charge in [0, 0.05) is 24.6 Å². The molecule has 1 N–H and O–H groups in total. The summed E-state index contributed by atoms with van der Waals surface area (Å²) in [7, 11) is 0. The Bertz CT molecular complexity index is 321. The van der Waals surface area contributed by atoms with Crippen molar-refractivity contribution >= 4 is 11.8 Å². The largest absolute Gasteiger partial charge is 0.463 e. The fourth-order valence-corrected chi connectivity index (χ4v) is 2.95. The summed E-state index contributed by atoms with van der Waals surface area (Å²) in [4.78, 5) is 2.47. The van der Waals surface area contributed by atoms with Crippen LogP contribution in [0.2, 0.25) is 0 Å². The molecule has 1 aromatic rings. The van der Waals surface area contributed by atoms with E-state index in [0.29, 0.717) is 0 Å². The zero-order valence-corrected chi connectivity index (χ0v) is 11.4. The lowest BCUT2D eigenvalue weighted by Gasteiger charge is -2.24. The lowest BCUT2D eigenvalue weighted by Crippen LogP contribution is -2.31. The van der Waals surface area contributed by atoms with Gasteiger partial charge in [0.15, 0.2) is 0 Å². The van der Waals surface area contributed by atoms with Crippen molar-refractivity contribution in [1.29, 1.82) is 0 Å². The van der Waals surface area contributed by atoms with Gasteiger partial charge in [-0.2, -0.15) is 11.8 Å². The van der Waals surface area contributed by atoms with Crippen LogP contribution in [0.15, 0.2) is 16.5 Å². The van der Waals surface area contributed by atoms with Gasteiger partial charge < -0.3 is 9.73 Å². The summed E-state index contributed by atoms with van der Waals surface area (Å²) in [6.45, 7) is 7.43. The Morgan fingerprint density at radius 2 is 2.06 bits per heavy atom. The molecule has 0 atom stereocenters. The third-order valence-electron chi connectivity index (χ3n) is 2.93. The first-order valence-electron chi connectivity index (χ1n) is 6.47. The van der Waals surface area contributed by atoms with Crippen LogP contribution in [0.1, 0.15) is 24.9 Å². The summed E-state index contributed by atoms with van der Waals surface area (Å²) in [5.41, 5.74) is 0. The molecule has 1 fully saturated rings. The Morgan fingerprint density at radius 1 is 1.29 bits per heavy atom. The van der Waals surface area contributed by atoms with Gasteiger partial charge in [-0.25, -0.2) is 0 Å². The Morgan fingerprint density at radius 3 is 2.82 bits per heavy atom. The van der Waals surface area contributed by atoms with Crippen molar-refractivity contribution in [2.75, 3.05) is 31.1 Å². The maximum Gasteiger partial charge on any atom is 0.118 e. The second kappa shape index (κ2) is 7.09. The van der Waals surface area contributed by atoms with E-state index in [9.17, 15) is 0 Å². The maximum atomic E-state index is 5.82. The van der Waals surface area contributed by atoms with Crippen LogP contribution in [-0.2, 0) is 13.1 Å². The molecule has 4 heteroatoms. The van der Waals surface area contributed by atoms with E-state index in [-0.39, 0.29) is 0 Å². The van der Waals surface area contributed by atoms with E-state index in [0.717, 1.165) is 31.2 Å². The van der Waals surface area contributed by atoms with Gasteiger partial charge in [0.25, 0.3) is 0 Å². The van der Waals surface area contributed by atoms with Crippen LogP contribution >= 0.6 is 11.8 Å². The standard InChI is InChI=1S/C13H22N2OS/c1-2-5-14-10-12-3-4-13(16-12)11-15-6-8-17-9-7-15/h3-4,14H,2,5-11H2,1H3. The van der Waals surface area contributed by atoms with Crippen molar-refractivity contribution < 1.29 is 4.42 Å². The molecule has 17 heavy (non-hydrogen) atoms. The summed E-state index contributed by atoms with van der Waals surface area (Å²) in [5.74, 6) is 4.67. The normalized spacial score (nSPS) is 17.5. The van der Waals surface area contributed by atoms with E-state index in [2.05, 4.69) is 29.3 Å². The average Bonchev–Trinajstić information content (AvgIpc) is 2.79. The minimum absolute atomic E-state index is 0.851. The fourth-order valence-electron chi connectivity index (χ4n) is 1.97. The quantitative estimate of drug-likeness (QED) is 0.789. The summed E-state index contributed by atoms with van der Waals surface area (Å²) in [6.07, 6.45) is 1.17. The van der Waals surface area contributed by atoms with E-state index < -0.39 is 0 Å². The van der Waals surface area contributed by atoms with E-state index in [4.69, 9.17) is 4.42 Å². The third kappa shape index (κ3) is 4.37. The summed E-state index contributed by atoms with van der Waals surface area (Å²) in [5, 5.41) is 3.36. The molecule has 0 amide bonds. The predicted octanol–water partition coefficient (Wildman–Crippen LogP) is 2.33. The van der Waals surface area contributed by atoms with Gasteiger partial charge in [-0.3, -0.25) is 4.90 Å². The molecular formula is C13H22N2OS. The average molecular weight is 254 g/mol. The van der Waals surface area contributed by atoms with Gasteiger partial charge in [-0.1, -0.05) is 6.92 Å². The number of hydrogen-bond acceptors (Lipinski definition) is 4. The molecule has 1 aliphatic heterocycles. The van der Waals surface area contributed by atoms with Crippen LogP contribution in [0.4, 0.5) is 0 Å². The molecule has 0 bridgehead atoms. The summed E-state index contributed by atoms with van der Waals surface area (Å²) >= 11 is 2.05. The Balaban J connectivity index is 1.76. The van der Waals surface area contributed by atoms with Crippen molar-refractivity contribution in [2.24, 2.45) is 0 Å². The molecule has 2 rings (SSSR count). The van der Waals surface area contributed by atoms with Crippen molar-refractivity contribution in [2.45, 2.75) is 26.4 Å². The minimum atomic E-state index is 0.851. The number of furan rings is 1. The van der Waals surface area contributed by atoms with Gasteiger partial charge >= 0.3 is 0 Å². The molecule has 1 aromatic heterocycles. The molecule has 0 radical (unpaired) electrons. The molecule has 96 valence electrons. The van der Waals surface area contributed by atoms with Crippen LogP contribution < -0.4 is 5.32 Å². The molecule has 0 saturated carbocycles. The Hall–Kier alpha value is -0.450. The molecule has 0 spiro atoms. The lowest BCUT2D eigenvalue weighted by molar-refractivity contribution is 0.264. The first-order valence-corrected chi connectivity index (χ1v) is 7.62. The van der Waals surface area contributed by atoms with Crippen LogP contribution in [0.3, 0.4) is 0 Å². The smallest absolute Gasteiger partial charge is 0.118 e. The van der Waals surface area contributed by atoms with Crippen LogP contribution in [0.25, 0.3) is 0 Å². The van der Waals surface area contributed by atoms with Crippen molar-refractivity contribution in [3.05, 3.63) is 23.7 Å². The number of nitrogens with zero attached hydrogens (tertiary/aromatic N) is 1. The van der Waals surface area contributed by atoms with E-state index in [1.807, 2.05) is 11.8 Å². The van der Waals surface area contributed by atoms with Gasteiger partial charge in [0.2, 0.25) is 0 Å².